The molecule has 2 heterocycles. The fourth-order valence-corrected chi connectivity index (χ4v) is 1.86. The highest BCUT2D eigenvalue weighted by molar-refractivity contribution is 5.63. The molecule has 3 aromatic rings. The first-order valence-electron chi connectivity index (χ1n) is 5.35. The second-order valence-corrected chi connectivity index (χ2v) is 3.88. The number of benzene rings is 1. The van der Waals surface area contributed by atoms with Gasteiger partial charge in [0.05, 0.1) is 6.20 Å². The van der Waals surface area contributed by atoms with Crippen LogP contribution in [-0.4, -0.2) is 14.3 Å². The van der Waals surface area contributed by atoms with Crippen LogP contribution in [-0.2, 0) is 0 Å². The molecule has 1 aromatic carbocycles. The lowest BCUT2D eigenvalue weighted by molar-refractivity contribution is -0.388. The summed E-state index contributed by atoms with van der Waals surface area (Å²) in [6.07, 6.45) is 1.71. The van der Waals surface area contributed by atoms with E-state index in [1.807, 2.05) is 30.3 Å². The monoisotopic (exact) mass is 243 g/mol. The SMILES string of the molecule is Cc1nc([N+](=O)[O-])c2oc(-c3ccccc3)cn12. The summed E-state index contributed by atoms with van der Waals surface area (Å²) in [5, 5.41) is 10.8. The first-order valence-corrected chi connectivity index (χ1v) is 5.35. The highest BCUT2D eigenvalue weighted by Crippen LogP contribution is 2.28. The Balaban J connectivity index is 2.23. The summed E-state index contributed by atoms with van der Waals surface area (Å²) in [7, 11) is 0. The molecular weight excluding hydrogens is 234 g/mol. The summed E-state index contributed by atoms with van der Waals surface area (Å²) >= 11 is 0. The minimum absolute atomic E-state index is 0.163. The number of aryl methyl sites for hydroxylation is 1. The smallest absolute Gasteiger partial charge is 0.427 e. The molecule has 6 nitrogen and oxygen atoms in total. The summed E-state index contributed by atoms with van der Waals surface area (Å²) in [5.74, 6) is 0.858. The Labute approximate surface area is 102 Å². The molecule has 6 heteroatoms. The highest BCUT2D eigenvalue weighted by Gasteiger charge is 2.24. The second kappa shape index (κ2) is 3.69. The number of oxazole rings is 1. The molecule has 0 spiro atoms. The van der Waals surface area contributed by atoms with Gasteiger partial charge in [0.15, 0.2) is 5.76 Å². The van der Waals surface area contributed by atoms with Gasteiger partial charge in [0.2, 0.25) is 5.82 Å². The van der Waals surface area contributed by atoms with Gasteiger partial charge >= 0.3 is 11.5 Å². The first kappa shape index (κ1) is 10.5. The van der Waals surface area contributed by atoms with E-state index in [0.29, 0.717) is 11.6 Å². The minimum Gasteiger partial charge on any atom is -0.431 e. The lowest BCUT2D eigenvalue weighted by atomic mass is 10.2. The van der Waals surface area contributed by atoms with Crippen molar-refractivity contribution in [2.45, 2.75) is 6.92 Å². The Bertz CT molecular complexity index is 728. The molecule has 0 amide bonds. The van der Waals surface area contributed by atoms with E-state index in [9.17, 15) is 10.1 Å². The number of nitro groups is 1. The third-order valence-corrected chi connectivity index (χ3v) is 2.71. The Morgan fingerprint density at radius 2 is 2.06 bits per heavy atom. The number of fused-ring (bicyclic) bond motifs is 1. The number of rotatable bonds is 2. The zero-order chi connectivity index (χ0) is 12.7. The highest BCUT2D eigenvalue weighted by atomic mass is 16.6. The van der Waals surface area contributed by atoms with E-state index in [0.717, 1.165) is 5.56 Å². The third kappa shape index (κ3) is 1.46. The fourth-order valence-electron chi connectivity index (χ4n) is 1.86. The summed E-state index contributed by atoms with van der Waals surface area (Å²) in [6.45, 7) is 1.70. The van der Waals surface area contributed by atoms with Crippen molar-refractivity contribution in [2.24, 2.45) is 0 Å². The maximum absolute atomic E-state index is 10.8. The van der Waals surface area contributed by atoms with Crippen molar-refractivity contribution < 1.29 is 9.34 Å². The van der Waals surface area contributed by atoms with Crippen LogP contribution in [0.5, 0.6) is 0 Å². The van der Waals surface area contributed by atoms with Crippen molar-refractivity contribution in [2.75, 3.05) is 0 Å². The van der Waals surface area contributed by atoms with Gasteiger partial charge in [-0.1, -0.05) is 30.3 Å². The van der Waals surface area contributed by atoms with E-state index in [4.69, 9.17) is 4.42 Å². The predicted molar refractivity (Wildman–Crippen MR) is 64.3 cm³/mol. The van der Waals surface area contributed by atoms with Crippen molar-refractivity contribution in [1.29, 1.82) is 0 Å². The van der Waals surface area contributed by atoms with Crippen LogP contribution in [0.1, 0.15) is 5.82 Å². The van der Waals surface area contributed by atoms with Crippen LogP contribution in [0.4, 0.5) is 5.82 Å². The van der Waals surface area contributed by atoms with E-state index >= 15 is 0 Å². The quantitative estimate of drug-likeness (QED) is 0.512. The maximum atomic E-state index is 10.8. The molecule has 0 aliphatic rings. The van der Waals surface area contributed by atoms with Crippen LogP contribution in [0.2, 0.25) is 0 Å². The topological polar surface area (TPSA) is 73.6 Å². The molecule has 0 bridgehead atoms. The van der Waals surface area contributed by atoms with Gasteiger partial charge in [-0.25, -0.2) is 4.40 Å². The van der Waals surface area contributed by atoms with Gasteiger partial charge < -0.3 is 14.5 Å². The molecule has 18 heavy (non-hydrogen) atoms. The van der Waals surface area contributed by atoms with Gasteiger partial charge in [0.1, 0.15) is 0 Å². The van der Waals surface area contributed by atoms with Crippen LogP contribution in [0.25, 0.3) is 17.0 Å². The van der Waals surface area contributed by atoms with Crippen molar-refractivity contribution in [3.8, 4) is 11.3 Å². The van der Waals surface area contributed by atoms with Crippen LogP contribution >= 0.6 is 0 Å². The number of imidazole rings is 1. The zero-order valence-corrected chi connectivity index (χ0v) is 9.53. The molecule has 0 unspecified atom stereocenters. The molecule has 90 valence electrons. The summed E-state index contributed by atoms with van der Waals surface area (Å²) in [6, 6.07) is 9.42. The normalized spacial score (nSPS) is 10.9. The summed E-state index contributed by atoms with van der Waals surface area (Å²) < 4.78 is 7.11. The average molecular weight is 243 g/mol. The number of hydrogen-bond donors (Lipinski definition) is 0. The molecule has 0 atom stereocenters. The second-order valence-electron chi connectivity index (χ2n) is 3.88. The lowest BCUT2D eigenvalue weighted by Gasteiger charge is -1.93. The molecule has 0 N–H and O–H groups in total. The van der Waals surface area contributed by atoms with E-state index < -0.39 is 4.92 Å². The average Bonchev–Trinajstić information content (AvgIpc) is 2.91. The molecule has 0 aliphatic heterocycles. The predicted octanol–water partition coefficient (Wildman–Crippen LogP) is 2.81. The standard InChI is InChI=1S/C12H9N3O3/c1-8-13-11(15(16)17)12-14(8)7-10(18-12)9-5-3-2-4-6-9/h2-7H,1H3. The zero-order valence-electron chi connectivity index (χ0n) is 9.53. The van der Waals surface area contributed by atoms with Crippen LogP contribution in [0, 0.1) is 17.0 Å². The number of nitrogens with zero attached hydrogens (tertiary/aromatic N) is 3. The Morgan fingerprint density at radius 1 is 1.33 bits per heavy atom. The molecule has 0 aliphatic carbocycles. The Hall–Kier alpha value is -2.63. The molecule has 0 fully saturated rings. The fraction of sp³-hybridized carbons (Fsp3) is 0.0833. The molecule has 0 saturated carbocycles. The van der Waals surface area contributed by atoms with E-state index in [1.165, 1.54) is 0 Å². The van der Waals surface area contributed by atoms with Gasteiger partial charge in [-0.15, -0.1) is 0 Å². The van der Waals surface area contributed by atoms with Gasteiger partial charge in [-0.2, -0.15) is 0 Å². The van der Waals surface area contributed by atoms with Gasteiger partial charge in [-0.3, -0.25) is 0 Å². The largest absolute Gasteiger partial charge is 0.431 e. The summed E-state index contributed by atoms with van der Waals surface area (Å²) in [5.41, 5.74) is 1.03. The first-order chi connectivity index (χ1) is 8.66. The summed E-state index contributed by atoms with van der Waals surface area (Å²) in [4.78, 5) is 14.2. The number of hydrogen-bond acceptors (Lipinski definition) is 4. The van der Waals surface area contributed by atoms with Gasteiger partial charge in [0, 0.05) is 12.5 Å². The maximum Gasteiger partial charge on any atom is 0.427 e. The Kier molecular flexibility index (Phi) is 2.16. The molecular formula is C12H9N3O3. The van der Waals surface area contributed by atoms with Gasteiger partial charge in [0.25, 0.3) is 0 Å². The lowest BCUT2D eigenvalue weighted by Crippen LogP contribution is -1.87. The number of aromatic nitrogens is 2. The van der Waals surface area contributed by atoms with Crippen molar-refractivity contribution in [3.05, 3.63) is 52.5 Å². The minimum atomic E-state index is -0.541. The van der Waals surface area contributed by atoms with Crippen molar-refractivity contribution in [1.82, 2.24) is 9.38 Å². The van der Waals surface area contributed by atoms with E-state index in [-0.39, 0.29) is 11.5 Å². The van der Waals surface area contributed by atoms with Gasteiger partial charge in [-0.05, 0) is 9.91 Å². The molecule has 3 rings (SSSR count). The molecule has 0 saturated heterocycles. The van der Waals surface area contributed by atoms with Crippen LogP contribution in [0.3, 0.4) is 0 Å². The van der Waals surface area contributed by atoms with Crippen LogP contribution < -0.4 is 0 Å². The van der Waals surface area contributed by atoms with Crippen LogP contribution in [0.15, 0.2) is 40.9 Å². The van der Waals surface area contributed by atoms with E-state index in [1.54, 1.807) is 17.5 Å². The molecule has 0 radical (unpaired) electrons. The van der Waals surface area contributed by atoms with Crippen molar-refractivity contribution in [3.63, 3.8) is 0 Å². The Morgan fingerprint density at radius 3 is 2.72 bits per heavy atom. The van der Waals surface area contributed by atoms with Crippen molar-refractivity contribution >= 4 is 11.5 Å². The molecule has 2 aromatic heterocycles. The van der Waals surface area contributed by atoms with E-state index in [2.05, 4.69) is 4.98 Å². The third-order valence-electron chi connectivity index (χ3n) is 2.71.